The summed E-state index contributed by atoms with van der Waals surface area (Å²) in [6.45, 7) is 0.0294. The van der Waals surface area contributed by atoms with Gasteiger partial charge >= 0.3 is 0 Å². The fourth-order valence-electron chi connectivity index (χ4n) is 1.49. The average molecular weight is 268 g/mol. The Morgan fingerprint density at radius 1 is 1.56 bits per heavy atom. The number of ether oxygens (including phenoxy) is 1. The molecule has 0 spiro atoms. The summed E-state index contributed by atoms with van der Waals surface area (Å²) in [5.41, 5.74) is 0.305. The maximum Gasteiger partial charge on any atom is 0.277 e. The van der Waals surface area contributed by atoms with E-state index in [1.807, 2.05) is 0 Å². The molecule has 0 aliphatic rings. The van der Waals surface area contributed by atoms with Gasteiger partial charge in [0.1, 0.15) is 6.61 Å². The van der Waals surface area contributed by atoms with Crippen molar-refractivity contribution in [3.63, 3.8) is 0 Å². The number of nitro groups is 1. The topological polar surface area (TPSA) is 70.2 Å². The minimum absolute atomic E-state index is 0.0294. The van der Waals surface area contributed by atoms with Crippen LogP contribution in [0.2, 0.25) is 5.02 Å². The van der Waals surface area contributed by atoms with Crippen LogP contribution in [0.5, 0.6) is 5.75 Å². The molecule has 0 bridgehead atoms. The molecule has 2 aromatic rings. The lowest BCUT2D eigenvalue weighted by Crippen LogP contribution is -2.01. The van der Waals surface area contributed by atoms with Crippen molar-refractivity contribution in [1.82, 2.24) is 9.78 Å². The molecule has 1 heterocycles. The van der Waals surface area contributed by atoms with Crippen LogP contribution in [0.3, 0.4) is 0 Å². The van der Waals surface area contributed by atoms with Crippen LogP contribution in [0.4, 0.5) is 5.69 Å². The van der Waals surface area contributed by atoms with E-state index in [1.54, 1.807) is 24.0 Å². The number of rotatable bonds is 4. The van der Waals surface area contributed by atoms with Crippen LogP contribution in [0.1, 0.15) is 5.56 Å². The zero-order valence-electron chi connectivity index (χ0n) is 9.54. The summed E-state index contributed by atoms with van der Waals surface area (Å²) >= 11 is 5.94. The van der Waals surface area contributed by atoms with E-state index in [9.17, 15) is 10.1 Å². The summed E-state index contributed by atoms with van der Waals surface area (Å²) in [5, 5.41) is 15.1. The lowest BCUT2D eigenvalue weighted by Gasteiger charge is -2.06. The predicted molar refractivity (Wildman–Crippen MR) is 65.6 cm³/mol. The van der Waals surface area contributed by atoms with Gasteiger partial charge in [0.05, 0.1) is 27.9 Å². The molecule has 0 saturated heterocycles. The van der Waals surface area contributed by atoms with Gasteiger partial charge in [0.2, 0.25) is 0 Å². The molecule has 2 rings (SSSR count). The molecular formula is C11H10ClN3O3. The van der Waals surface area contributed by atoms with Gasteiger partial charge < -0.3 is 4.74 Å². The van der Waals surface area contributed by atoms with Crippen LogP contribution in [-0.4, -0.2) is 14.7 Å². The third-order valence-electron chi connectivity index (χ3n) is 2.36. The molecule has 0 unspecified atom stereocenters. The first kappa shape index (κ1) is 12.4. The molecule has 94 valence electrons. The van der Waals surface area contributed by atoms with E-state index in [0.29, 0.717) is 16.3 Å². The molecule has 6 nitrogen and oxygen atoms in total. The number of hydrogen-bond acceptors (Lipinski definition) is 4. The highest BCUT2D eigenvalue weighted by Gasteiger charge is 2.17. The quantitative estimate of drug-likeness (QED) is 0.630. The van der Waals surface area contributed by atoms with Crippen molar-refractivity contribution in [3.05, 3.63) is 51.3 Å². The van der Waals surface area contributed by atoms with Crippen molar-refractivity contribution in [2.45, 2.75) is 6.61 Å². The van der Waals surface area contributed by atoms with E-state index in [4.69, 9.17) is 16.3 Å². The summed E-state index contributed by atoms with van der Waals surface area (Å²) in [6, 6.07) is 4.53. The average Bonchev–Trinajstić information content (AvgIpc) is 2.73. The van der Waals surface area contributed by atoms with E-state index in [1.165, 1.54) is 18.3 Å². The Bertz CT molecular complexity index is 583. The van der Waals surface area contributed by atoms with Crippen LogP contribution < -0.4 is 4.74 Å². The van der Waals surface area contributed by atoms with Crippen molar-refractivity contribution >= 4 is 17.3 Å². The van der Waals surface area contributed by atoms with Gasteiger partial charge in [-0.1, -0.05) is 17.7 Å². The van der Waals surface area contributed by atoms with Gasteiger partial charge in [0.15, 0.2) is 5.75 Å². The fraction of sp³-hybridized carbons (Fsp3) is 0.182. The fourth-order valence-corrected chi connectivity index (χ4v) is 1.71. The van der Waals surface area contributed by atoms with Gasteiger partial charge in [-0.2, -0.15) is 5.10 Å². The van der Waals surface area contributed by atoms with Gasteiger partial charge in [-0.25, -0.2) is 0 Å². The van der Waals surface area contributed by atoms with Crippen LogP contribution in [-0.2, 0) is 13.7 Å². The number of hydrogen-bond donors (Lipinski definition) is 0. The molecule has 0 amide bonds. The highest BCUT2D eigenvalue weighted by Crippen LogP contribution is 2.27. The summed E-state index contributed by atoms with van der Waals surface area (Å²) in [7, 11) is 1.75. The van der Waals surface area contributed by atoms with E-state index in [0.717, 1.165) is 0 Å². The largest absolute Gasteiger partial charge is 0.485 e. The minimum atomic E-state index is -0.478. The Labute approximate surface area is 108 Å². The smallest absolute Gasteiger partial charge is 0.277 e. The summed E-state index contributed by atoms with van der Waals surface area (Å²) in [4.78, 5) is 10.4. The maximum absolute atomic E-state index is 10.9. The zero-order valence-corrected chi connectivity index (χ0v) is 10.3. The molecule has 0 N–H and O–H groups in total. The number of benzene rings is 1. The van der Waals surface area contributed by atoms with Crippen molar-refractivity contribution < 1.29 is 9.66 Å². The third-order valence-corrected chi connectivity index (χ3v) is 2.71. The van der Waals surface area contributed by atoms with Gasteiger partial charge in [0.25, 0.3) is 5.69 Å². The van der Waals surface area contributed by atoms with Crippen molar-refractivity contribution in [2.24, 2.45) is 7.05 Å². The Morgan fingerprint density at radius 3 is 2.94 bits per heavy atom. The SMILES string of the molecule is Cn1cc(OCc2c(Cl)cccc2[N+](=O)[O-])cn1. The Kier molecular flexibility index (Phi) is 3.47. The number of nitrogens with zero attached hydrogens (tertiary/aromatic N) is 3. The normalized spacial score (nSPS) is 10.3. The second-order valence-electron chi connectivity index (χ2n) is 3.63. The van der Waals surface area contributed by atoms with Crippen molar-refractivity contribution in [1.29, 1.82) is 0 Å². The second-order valence-corrected chi connectivity index (χ2v) is 4.04. The molecular weight excluding hydrogens is 258 g/mol. The Balaban J connectivity index is 2.20. The molecule has 7 heteroatoms. The molecule has 0 fully saturated rings. The molecule has 0 radical (unpaired) electrons. The first-order chi connectivity index (χ1) is 8.58. The number of halogens is 1. The van der Waals surface area contributed by atoms with Crippen LogP contribution >= 0.6 is 11.6 Å². The maximum atomic E-state index is 10.9. The zero-order chi connectivity index (χ0) is 13.1. The van der Waals surface area contributed by atoms with Crippen LogP contribution in [0.15, 0.2) is 30.6 Å². The first-order valence-electron chi connectivity index (χ1n) is 5.11. The summed E-state index contributed by atoms with van der Waals surface area (Å²) < 4.78 is 6.99. The molecule has 1 aromatic carbocycles. The summed E-state index contributed by atoms with van der Waals surface area (Å²) in [5.74, 6) is 0.534. The number of aromatic nitrogens is 2. The van der Waals surface area contributed by atoms with E-state index in [2.05, 4.69) is 5.10 Å². The highest BCUT2D eigenvalue weighted by molar-refractivity contribution is 6.31. The monoisotopic (exact) mass is 267 g/mol. The molecule has 0 aliphatic carbocycles. The van der Waals surface area contributed by atoms with E-state index < -0.39 is 4.92 Å². The van der Waals surface area contributed by atoms with Gasteiger partial charge in [-0.3, -0.25) is 14.8 Å². The van der Waals surface area contributed by atoms with Gasteiger partial charge in [-0.05, 0) is 6.07 Å². The van der Waals surface area contributed by atoms with Crippen LogP contribution in [0, 0.1) is 10.1 Å². The second kappa shape index (κ2) is 5.05. The lowest BCUT2D eigenvalue weighted by molar-refractivity contribution is -0.385. The van der Waals surface area contributed by atoms with Crippen molar-refractivity contribution in [2.75, 3.05) is 0 Å². The van der Waals surface area contributed by atoms with Gasteiger partial charge in [-0.15, -0.1) is 0 Å². The van der Waals surface area contributed by atoms with E-state index >= 15 is 0 Å². The first-order valence-corrected chi connectivity index (χ1v) is 5.49. The standard InChI is InChI=1S/C11H10ClN3O3/c1-14-6-8(5-13-14)18-7-9-10(12)3-2-4-11(9)15(16)17/h2-6H,7H2,1H3. The molecule has 18 heavy (non-hydrogen) atoms. The number of aryl methyl sites for hydroxylation is 1. The van der Waals surface area contributed by atoms with Crippen molar-refractivity contribution in [3.8, 4) is 5.75 Å². The van der Waals surface area contributed by atoms with Gasteiger partial charge in [0, 0.05) is 13.1 Å². The Hall–Kier alpha value is -2.08. The lowest BCUT2D eigenvalue weighted by atomic mass is 10.2. The summed E-state index contributed by atoms with van der Waals surface area (Å²) in [6.07, 6.45) is 3.20. The predicted octanol–water partition coefficient (Wildman–Crippen LogP) is 2.56. The minimum Gasteiger partial charge on any atom is -0.485 e. The number of nitro benzene ring substituents is 1. The molecule has 1 aromatic heterocycles. The highest BCUT2D eigenvalue weighted by atomic mass is 35.5. The molecule has 0 aliphatic heterocycles. The Morgan fingerprint density at radius 2 is 2.33 bits per heavy atom. The molecule has 0 atom stereocenters. The molecule has 0 saturated carbocycles. The van der Waals surface area contributed by atoms with E-state index in [-0.39, 0.29) is 12.3 Å². The van der Waals surface area contributed by atoms with Crippen LogP contribution in [0.25, 0.3) is 0 Å². The third kappa shape index (κ3) is 2.60.